The molecule has 2 aromatic carbocycles. The monoisotopic (exact) mass is 384 g/mol. The SMILES string of the molecule is CC1(C(=O)NCCc2ccc(F)cc2)CCCN1C(=O)OCc1ccccc1. The normalized spacial score (nSPS) is 18.7. The Labute approximate surface area is 164 Å². The molecule has 1 aliphatic rings. The van der Waals surface area contributed by atoms with E-state index in [0.717, 1.165) is 17.5 Å². The Bertz CT molecular complexity index is 810. The van der Waals surface area contributed by atoms with Gasteiger partial charge in [0.15, 0.2) is 0 Å². The van der Waals surface area contributed by atoms with Crippen molar-refractivity contribution in [3.05, 3.63) is 71.5 Å². The molecule has 5 nitrogen and oxygen atoms in total. The number of ether oxygens (including phenoxy) is 1. The molecule has 2 amide bonds. The Kier molecular flexibility index (Phi) is 6.29. The number of benzene rings is 2. The highest BCUT2D eigenvalue weighted by Crippen LogP contribution is 2.30. The predicted octanol–water partition coefficient (Wildman–Crippen LogP) is 3.68. The third-order valence-corrected chi connectivity index (χ3v) is 5.17. The van der Waals surface area contributed by atoms with E-state index in [0.29, 0.717) is 25.9 Å². The van der Waals surface area contributed by atoms with Crippen molar-refractivity contribution in [2.75, 3.05) is 13.1 Å². The fourth-order valence-electron chi connectivity index (χ4n) is 3.45. The molecule has 3 rings (SSSR count). The number of likely N-dealkylation sites (tertiary alicyclic amines) is 1. The predicted molar refractivity (Wildman–Crippen MR) is 104 cm³/mol. The number of carbonyl (C=O) groups excluding carboxylic acids is 2. The van der Waals surface area contributed by atoms with Gasteiger partial charge < -0.3 is 10.1 Å². The van der Waals surface area contributed by atoms with Gasteiger partial charge in [-0.3, -0.25) is 9.69 Å². The van der Waals surface area contributed by atoms with E-state index in [1.54, 1.807) is 19.1 Å². The Balaban J connectivity index is 1.53. The van der Waals surface area contributed by atoms with Crippen LogP contribution in [-0.2, 0) is 22.6 Å². The summed E-state index contributed by atoms with van der Waals surface area (Å²) in [5.74, 6) is -0.473. The molecular formula is C22H25FN2O3. The van der Waals surface area contributed by atoms with Crippen LogP contribution in [0.5, 0.6) is 0 Å². The largest absolute Gasteiger partial charge is 0.445 e. The van der Waals surface area contributed by atoms with E-state index >= 15 is 0 Å². The maximum absolute atomic E-state index is 13.0. The van der Waals surface area contributed by atoms with Gasteiger partial charge in [0.2, 0.25) is 5.91 Å². The summed E-state index contributed by atoms with van der Waals surface area (Å²) in [4.78, 5) is 26.9. The van der Waals surface area contributed by atoms with Gasteiger partial charge in [-0.05, 0) is 49.4 Å². The maximum Gasteiger partial charge on any atom is 0.410 e. The fraction of sp³-hybridized carbons (Fsp3) is 0.364. The highest BCUT2D eigenvalue weighted by Gasteiger charge is 2.46. The van der Waals surface area contributed by atoms with E-state index in [9.17, 15) is 14.0 Å². The lowest BCUT2D eigenvalue weighted by atomic mass is 9.98. The minimum Gasteiger partial charge on any atom is -0.445 e. The van der Waals surface area contributed by atoms with E-state index in [1.165, 1.54) is 17.0 Å². The molecular weight excluding hydrogens is 359 g/mol. The lowest BCUT2D eigenvalue weighted by Crippen LogP contribution is -2.55. The van der Waals surface area contributed by atoms with Crippen molar-refractivity contribution in [2.45, 2.75) is 38.3 Å². The van der Waals surface area contributed by atoms with Crippen molar-refractivity contribution in [1.29, 1.82) is 0 Å². The smallest absolute Gasteiger partial charge is 0.410 e. The van der Waals surface area contributed by atoms with Crippen LogP contribution in [0.4, 0.5) is 9.18 Å². The molecule has 1 unspecified atom stereocenters. The molecule has 1 saturated heterocycles. The van der Waals surface area contributed by atoms with E-state index in [-0.39, 0.29) is 18.3 Å². The van der Waals surface area contributed by atoms with Gasteiger partial charge >= 0.3 is 6.09 Å². The Hall–Kier alpha value is -2.89. The summed E-state index contributed by atoms with van der Waals surface area (Å²) < 4.78 is 18.4. The summed E-state index contributed by atoms with van der Waals surface area (Å²) in [6.07, 6.45) is 1.47. The van der Waals surface area contributed by atoms with Gasteiger partial charge in [0, 0.05) is 13.1 Å². The first kappa shape index (κ1) is 19.9. The van der Waals surface area contributed by atoms with Crippen LogP contribution in [-0.4, -0.2) is 35.5 Å². The number of hydrogen-bond acceptors (Lipinski definition) is 3. The summed E-state index contributed by atoms with van der Waals surface area (Å²) >= 11 is 0. The quantitative estimate of drug-likeness (QED) is 0.827. The van der Waals surface area contributed by atoms with Gasteiger partial charge in [0.1, 0.15) is 18.0 Å². The molecule has 6 heteroatoms. The van der Waals surface area contributed by atoms with E-state index in [2.05, 4.69) is 5.32 Å². The van der Waals surface area contributed by atoms with Crippen molar-refractivity contribution in [3.63, 3.8) is 0 Å². The van der Waals surface area contributed by atoms with Crippen LogP contribution >= 0.6 is 0 Å². The Morgan fingerprint density at radius 2 is 1.82 bits per heavy atom. The number of rotatable bonds is 6. The number of carbonyl (C=O) groups is 2. The lowest BCUT2D eigenvalue weighted by molar-refractivity contribution is -0.130. The molecule has 0 radical (unpaired) electrons. The number of nitrogens with one attached hydrogen (secondary N) is 1. The van der Waals surface area contributed by atoms with Crippen LogP contribution < -0.4 is 5.32 Å². The van der Waals surface area contributed by atoms with Gasteiger partial charge in [-0.2, -0.15) is 0 Å². The van der Waals surface area contributed by atoms with Crippen molar-refractivity contribution in [2.24, 2.45) is 0 Å². The highest BCUT2D eigenvalue weighted by atomic mass is 19.1. The minimum atomic E-state index is -0.920. The zero-order valence-electron chi connectivity index (χ0n) is 16.0. The molecule has 0 spiro atoms. The zero-order chi connectivity index (χ0) is 20.0. The summed E-state index contributed by atoms with van der Waals surface area (Å²) in [5.41, 5.74) is 0.925. The Morgan fingerprint density at radius 1 is 1.11 bits per heavy atom. The second-order valence-corrected chi connectivity index (χ2v) is 7.20. The standard InChI is InChI=1S/C22H25FN2O3/c1-22(20(26)24-14-12-17-8-10-19(23)11-9-17)13-5-15-25(22)21(27)28-16-18-6-3-2-4-7-18/h2-4,6-11H,5,12-16H2,1H3,(H,24,26). The topological polar surface area (TPSA) is 58.6 Å². The molecule has 1 fully saturated rings. The summed E-state index contributed by atoms with van der Waals surface area (Å²) in [6, 6.07) is 15.7. The van der Waals surface area contributed by atoms with Crippen LogP contribution in [0.3, 0.4) is 0 Å². The first-order valence-corrected chi connectivity index (χ1v) is 9.50. The van der Waals surface area contributed by atoms with Crippen molar-refractivity contribution < 1.29 is 18.7 Å². The number of nitrogens with zero attached hydrogens (tertiary/aromatic N) is 1. The van der Waals surface area contributed by atoms with E-state index < -0.39 is 11.6 Å². The molecule has 1 N–H and O–H groups in total. The number of amides is 2. The average Bonchev–Trinajstić information content (AvgIpc) is 3.11. The van der Waals surface area contributed by atoms with Crippen LogP contribution in [0.15, 0.2) is 54.6 Å². The molecule has 0 aliphatic carbocycles. The van der Waals surface area contributed by atoms with Gasteiger partial charge in [0.25, 0.3) is 0 Å². The number of hydrogen-bond donors (Lipinski definition) is 1. The van der Waals surface area contributed by atoms with Crippen molar-refractivity contribution >= 4 is 12.0 Å². The Morgan fingerprint density at radius 3 is 2.54 bits per heavy atom. The molecule has 0 aromatic heterocycles. The highest BCUT2D eigenvalue weighted by molar-refractivity contribution is 5.90. The molecule has 0 bridgehead atoms. The molecule has 148 valence electrons. The second-order valence-electron chi connectivity index (χ2n) is 7.20. The lowest BCUT2D eigenvalue weighted by Gasteiger charge is -2.33. The molecule has 2 aromatic rings. The minimum absolute atomic E-state index is 0.179. The van der Waals surface area contributed by atoms with Crippen molar-refractivity contribution in [3.8, 4) is 0 Å². The van der Waals surface area contributed by atoms with Crippen LogP contribution in [0.2, 0.25) is 0 Å². The van der Waals surface area contributed by atoms with Crippen molar-refractivity contribution in [1.82, 2.24) is 10.2 Å². The zero-order valence-corrected chi connectivity index (χ0v) is 16.0. The van der Waals surface area contributed by atoms with Gasteiger partial charge in [-0.15, -0.1) is 0 Å². The second kappa shape index (κ2) is 8.87. The summed E-state index contributed by atoms with van der Waals surface area (Å²) in [6.45, 7) is 2.87. The average molecular weight is 384 g/mol. The van der Waals surface area contributed by atoms with Crippen LogP contribution in [0, 0.1) is 5.82 Å². The van der Waals surface area contributed by atoms with Crippen LogP contribution in [0.1, 0.15) is 30.9 Å². The van der Waals surface area contributed by atoms with Gasteiger partial charge in [-0.25, -0.2) is 9.18 Å². The van der Waals surface area contributed by atoms with Crippen LogP contribution in [0.25, 0.3) is 0 Å². The first-order chi connectivity index (χ1) is 13.5. The van der Waals surface area contributed by atoms with E-state index in [1.807, 2.05) is 30.3 Å². The first-order valence-electron chi connectivity index (χ1n) is 9.50. The molecule has 0 saturated carbocycles. The molecule has 1 atom stereocenters. The third-order valence-electron chi connectivity index (χ3n) is 5.17. The molecule has 1 aliphatic heterocycles. The van der Waals surface area contributed by atoms with E-state index in [4.69, 9.17) is 4.74 Å². The molecule has 1 heterocycles. The summed E-state index contributed by atoms with van der Waals surface area (Å²) in [7, 11) is 0. The number of halogens is 1. The summed E-state index contributed by atoms with van der Waals surface area (Å²) in [5, 5.41) is 2.90. The van der Waals surface area contributed by atoms with Gasteiger partial charge in [-0.1, -0.05) is 42.5 Å². The maximum atomic E-state index is 13.0. The third kappa shape index (κ3) is 4.68. The molecule has 28 heavy (non-hydrogen) atoms. The fourth-order valence-corrected chi connectivity index (χ4v) is 3.45. The van der Waals surface area contributed by atoms with Gasteiger partial charge in [0.05, 0.1) is 0 Å².